The summed E-state index contributed by atoms with van der Waals surface area (Å²) in [7, 11) is 0. The van der Waals surface area contributed by atoms with E-state index >= 15 is 0 Å². The highest BCUT2D eigenvalue weighted by atomic mass is 32.1. The first-order valence-corrected chi connectivity index (χ1v) is 6.01. The summed E-state index contributed by atoms with van der Waals surface area (Å²) in [5.74, 6) is 0.139. The lowest BCUT2D eigenvalue weighted by Crippen LogP contribution is -2.02. The maximum atomic E-state index is 11.3. The summed E-state index contributed by atoms with van der Waals surface area (Å²) in [5, 5.41) is 1.03. The number of hydrogen-bond donors (Lipinski definition) is 1. The predicted octanol–water partition coefficient (Wildman–Crippen LogP) is 3.65. The second-order valence-electron chi connectivity index (χ2n) is 4.49. The van der Waals surface area contributed by atoms with Gasteiger partial charge in [-0.15, -0.1) is 0 Å². The Bertz CT molecular complexity index is 655. The highest BCUT2D eigenvalue weighted by Gasteiger charge is 2.08. The zero-order valence-electron chi connectivity index (χ0n) is 10.3. The first-order valence-electron chi connectivity index (χ1n) is 5.60. The molecule has 0 aliphatic carbocycles. The Morgan fingerprint density at radius 3 is 2.71 bits per heavy atom. The second-order valence-corrected chi connectivity index (χ2v) is 4.89. The average Bonchev–Trinajstić information content (AvgIpc) is 2.25. The van der Waals surface area contributed by atoms with Crippen molar-refractivity contribution in [2.75, 3.05) is 0 Å². The van der Waals surface area contributed by atoms with E-state index in [0.717, 1.165) is 26.7 Å². The topological polar surface area (TPSA) is 32.9 Å². The molecule has 0 saturated heterocycles. The molecule has 0 aliphatic heterocycles. The van der Waals surface area contributed by atoms with Crippen molar-refractivity contribution in [2.24, 2.45) is 0 Å². The van der Waals surface area contributed by atoms with Gasteiger partial charge in [0.1, 0.15) is 5.78 Å². The van der Waals surface area contributed by atoms with Crippen molar-refractivity contribution in [3.8, 4) is 0 Å². The Hall–Kier alpha value is -1.48. The molecule has 0 unspecified atom stereocenters. The van der Waals surface area contributed by atoms with E-state index in [2.05, 4.69) is 17.1 Å². The number of pyridine rings is 1. The largest absolute Gasteiger partial charge is 0.358 e. The van der Waals surface area contributed by atoms with Crippen molar-refractivity contribution < 1.29 is 4.79 Å². The molecule has 0 aliphatic rings. The quantitative estimate of drug-likeness (QED) is 0.819. The fourth-order valence-corrected chi connectivity index (χ4v) is 2.42. The van der Waals surface area contributed by atoms with Crippen LogP contribution in [0.1, 0.15) is 23.7 Å². The highest BCUT2D eigenvalue weighted by molar-refractivity contribution is 7.71. The molecule has 0 spiro atoms. The molecule has 2 rings (SSSR count). The molecule has 0 amide bonds. The molecule has 2 nitrogen and oxygen atoms in total. The molecule has 88 valence electrons. The number of H-pyrrole nitrogens is 1. The SMILES string of the molecule is CC(=O)Cc1c(C)[nH]c2ccc(C)cc2c1=S. The zero-order chi connectivity index (χ0) is 12.6. The third-order valence-corrected chi connectivity index (χ3v) is 3.36. The molecule has 0 bridgehead atoms. The number of carbonyl (C=O) groups is 1. The summed E-state index contributed by atoms with van der Waals surface area (Å²) in [6.45, 7) is 5.60. The maximum absolute atomic E-state index is 11.3. The lowest BCUT2D eigenvalue weighted by Gasteiger charge is -2.09. The smallest absolute Gasteiger partial charge is 0.134 e. The van der Waals surface area contributed by atoms with E-state index in [9.17, 15) is 4.79 Å². The molecule has 1 heterocycles. The van der Waals surface area contributed by atoms with Gasteiger partial charge in [-0.2, -0.15) is 0 Å². The van der Waals surface area contributed by atoms with E-state index in [1.807, 2.05) is 19.9 Å². The van der Waals surface area contributed by atoms with E-state index in [-0.39, 0.29) is 5.78 Å². The normalized spacial score (nSPS) is 10.8. The van der Waals surface area contributed by atoms with Crippen LogP contribution in [-0.4, -0.2) is 10.8 Å². The van der Waals surface area contributed by atoms with Crippen molar-refractivity contribution in [1.82, 2.24) is 4.98 Å². The van der Waals surface area contributed by atoms with Gasteiger partial charge in [0.2, 0.25) is 0 Å². The van der Waals surface area contributed by atoms with Gasteiger partial charge in [-0.05, 0) is 38.5 Å². The number of benzene rings is 1. The lowest BCUT2D eigenvalue weighted by molar-refractivity contribution is -0.116. The number of ketones is 1. The van der Waals surface area contributed by atoms with Crippen LogP contribution in [0.15, 0.2) is 18.2 Å². The molecule has 1 aromatic heterocycles. The van der Waals surface area contributed by atoms with Crippen LogP contribution >= 0.6 is 12.2 Å². The van der Waals surface area contributed by atoms with Crippen LogP contribution in [0.3, 0.4) is 0 Å². The monoisotopic (exact) mass is 245 g/mol. The Morgan fingerprint density at radius 1 is 1.35 bits per heavy atom. The predicted molar refractivity (Wildman–Crippen MR) is 73.0 cm³/mol. The molecule has 0 saturated carbocycles. The van der Waals surface area contributed by atoms with Gasteiger partial charge in [-0.25, -0.2) is 0 Å². The van der Waals surface area contributed by atoms with Crippen LogP contribution in [0.25, 0.3) is 10.9 Å². The summed E-state index contributed by atoms with van der Waals surface area (Å²) in [6.07, 6.45) is 0.408. The van der Waals surface area contributed by atoms with Crippen molar-refractivity contribution in [1.29, 1.82) is 0 Å². The summed E-state index contributed by atoms with van der Waals surface area (Å²) in [4.78, 5) is 14.6. The number of aryl methyl sites for hydroxylation is 2. The Morgan fingerprint density at radius 2 is 2.06 bits per heavy atom. The van der Waals surface area contributed by atoms with E-state index in [4.69, 9.17) is 12.2 Å². The van der Waals surface area contributed by atoms with Crippen LogP contribution < -0.4 is 0 Å². The molecule has 1 aromatic carbocycles. The Labute approximate surface area is 106 Å². The first-order chi connectivity index (χ1) is 7.99. The van der Waals surface area contributed by atoms with E-state index in [1.54, 1.807) is 6.92 Å². The fraction of sp³-hybridized carbons (Fsp3) is 0.286. The minimum atomic E-state index is 0.139. The van der Waals surface area contributed by atoms with Crippen LogP contribution in [0.4, 0.5) is 0 Å². The van der Waals surface area contributed by atoms with E-state index in [1.165, 1.54) is 5.56 Å². The van der Waals surface area contributed by atoms with Crippen LogP contribution in [-0.2, 0) is 11.2 Å². The summed E-state index contributed by atoms with van der Waals surface area (Å²) in [6, 6.07) is 6.15. The summed E-state index contributed by atoms with van der Waals surface area (Å²) in [5.41, 5.74) is 4.15. The first kappa shape index (κ1) is 12.0. The van der Waals surface area contributed by atoms with Gasteiger partial charge in [0, 0.05) is 23.0 Å². The summed E-state index contributed by atoms with van der Waals surface area (Å²) < 4.78 is 0.801. The highest BCUT2D eigenvalue weighted by Crippen LogP contribution is 2.21. The number of hydrogen-bond acceptors (Lipinski definition) is 2. The van der Waals surface area contributed by atoms with Crippen molar-refractivity contribution in [3.05, 3.63) is 39.5 Å². The maximum Gasteiger partial charge on any atom is 0.134 e. The molecule has 2 aromatic rings. The van der Waals surface area contributed by atoms with Gasteiger partial charge < -0.3 is 4.98 Å². The van der Waals surface area contributed by atoms with E-state index < -0.39 is 0 Å². The van der Waals surface area contributed by atoms with Gasteiger partial charge in [-0.1, -0.05) is 23.8 Å². The molecule has 1 N–H and O–H groups in total. The number of fused-ring (bicyclic) bond motifs is 1. The molecule has 0 fully saturated rings. The number of aromatic nitrogens is 1. The van der Waals surface area contributed by atoms with Gasteiger partial charge in [-0.3, -0.25) is 4.79 Å². The number of rotatable bonds is 2. The number of aromatic amines is 1. The van der Waals surface area contributed by atoms with Crippen molar-refractivity contribution in [3.63, 3.8) is 0 Å². The lowest BCUT2D eigenvalue weighted by atomic mass is 10.0. The Kier molecular flexibility index (Phi) is 3.11. The third kappa shape index (κ3) is 2.29. The zero-order valence-corrected chi connectivity index (χ0v) is 11.1. The van der Waals surface area contributed by atoms with Crippen LogP contribution in [0.2, 0.25) is 0 Å². The summed E-state index contributed by atoms with van der Waals surface area (Å²) >= 11 is 5.49. The van der Waals surface area contributed by atoms with Gasteiger partial charge in [0.15, 0.2) is 0 Å². The fourth-order valence-electron chi connectivity index (χ4n) is 2.03. The average molecular weight is 245 g/mol. The number of Topliss-reactive ketones (excluding diaryl/α,β-unsaturated/α-hetero) is 1. The minimum Gasteiger partial charge on any atom is -0.358 e. The molecule has 17 heavy (non-hydrogen) atoms. The van der Waals surface area contributed by atoms with E-state index in [0.29, 0.717) is 6.42 Å². The van der Waals surface area contributed by atoms with Crippen LogP contribution in [0.5, 0.6) is 0 Å². The minimum absolute atomic E-state index is 0.139. The molecule has 0 atom stereocenters. The van der Waals surface area contributed by atoms with Crippen molar-refractivity contribution in [2.45, 2.75) is 27.2 Å². The van der Waals surface area contributed by atoms with Gasteiger partial charge >= 0.3 is 0 Å². The molecular formula is C14H15NOS. The molecular weight excluding hydrogens is 230 g/mol. The number of carbonyl (C=O) groups excluding carboxylic acids is 1. The number of nitrogens with one attached hydrogen (secondary N) is 1. The Balaban J connectivity index is 2.78. The molecule has 0 radical (unpaired) electrons. The standard InChI is InChI=1S/C14H15NOS/c1-8-4-5-13-12(6-8)14(17)11(7-9(2)16)10(3)15-13/h4-6H,7H2,1-3H3,(H,15,17). The van der Waals surface area contributed by atoms with Gasteiger partial charge in [0.25, 0.3) is 0 Å². The van der Waals surface area contributed by atoms with Crippen molar-refractivity contribution >= 4 is 28.9 Å². The third-order valence-electron chi connectivity index (χ3n) is 2.89. The molecule has 3 heteroatoms. The van der Waals surface area contributed by atoms with Gasteiger partial charge in [0.05, 0.1) is 4.51 Å². The van der Waals surface area contributed by atoms with Crippen LogP contribution in [0, 0.1) is 18.4 Å². The second kappa shape index (κ2) is 4.41.